The van der Waals surface area contributed by atoms with E-state index < -0.39 is 21.5 Å². The molecule has 0 unspecified atom stereocenters. The number of anilines is 1. The number of sulfonamides is 1. The standard InChI is InChI=1S/C32H42ClN3O5S/c1-32(2)31(37)34-42(38,39)26-13-15-30-28(19-26)36(17-6-5-8-22-18-25(33)12-10-24(22)21-41-30)20-23-11-14-27(23)29(40-4)9-7-16-35(32)3/h7,9-10,12-13,15,18-19,23,27,29H,5-6,8,11,14,16-17,20-21H2,1-4H3,(H,34,37)/b9-7+/t23-,27+,29-/m0/s1. The summed E-state index contributed by atoms with van der Waals surface area (Å²) in [7, 11) is -0.571. The molecule has 1 N–H and O–H groups in total. The maximum atomic E-state index is 13.6. The number of likely N-dealkylation sites (N-methyl/N-ethyl adjacent to an activating group) is 1. The number of fused-ring (bicyclic) bond motifs is 3. The number of hydrogen-bond acceptors (Lipinski definition) is 7. The molecule has 0 saturated heterocycles. The Morgan fingerprint density at radius 1 is 1.10 bits per heavy atom. The van der Waals surface area contributed by atoms with Crippen molar-refractivity contribution in [2.45, 2.75) is 69.1 Å². The van der Waals surface area contributed by atoms with E-state index in [-0.39, 0.29) is 11.0 Å². The zero-order chi connectivity index (χ0) is 30.1. The van der Waals surface area contributed by atoms with Gasteiger partial charge in [-0.25, -0.2) is 13.1 Å². The molecule has 2 aromatic carbocycles. The second-order valence-corrected chi connectivity index (χ2v) is 14.4. The van der Waals surface area contributed by atoms with Gasteiger partial charge < -0.3 is 14.4 Å². The van der Waals surface area contributed by atoms with E-state index in [1.807, 2.05) is 36.2 Å². The fraction of sp³-hybridized carbons (Fsp3) is 0.531. The molecule has 10 heteroatoms. The lowest BCUT2D eigenvalue weighted by Crippen LogP contribution is -2.54. The highest BCUT2D eigenvalue weighted by molar-refractivity contribution is 7.90. The van der Waals surface area contributed by atoms with Crippen molar-refractivity contribution < 1.29 is 22.7 Å². The minimum absolute atomic E-state index is 0.0346. The van der Waals surface area contributed by atoms with Gasteiger partial charge in [0.15, 0.2) is 0 Å². The summed E-state index contributed by atoms with van der Waals surface area (Å²) < 4.78 is 41.8. The smallest absolute Gasteiger partial charge is 0.264 e. The summed E-state index contributed by atoms with van der Waals surface area (Å²) in [4.78, 5) is 17.5. The van der Waals surface area contributed by atoms with Crippen molar-refractivity contribution in [3.8, 4) is 5.75 Å². The lowest BCUT2D eigenvalue weighted by molar-refractivity contribution is -0.128. The zero-order valence-electron chi connectivity index (χ0n) is 24.9. The van der Waals surface area contributed by atoms with E-state index in [0.717, 1.165) is 56.4 Å². The number of carbonyl (C=O) groups excluding carboxylic acids is 1. The third kappa shape index (κ3) is 6.49. The van der Waals surface area contributed by atoms with E-state index in [1.165, 1.54) is 11.6 Å². The summed E-state index contributed by atoms with van der Waals surface area (Å²) in [5.41, 5.74) is 1.89. The van der Waals surface area contributed by atoms with E-state index >= 15 is 0 Å². The summed E-state index contributed by atoms with van der Waals surface area (Å²) in [6, 6.07) is 10.8. The molecule has 228 valence electrons. The lowest BCUT2D eigenvalue weighted by Gasteiger charge is -2.43. The van der Waals surface area contributed by atoms with Crippen LogP contribution >= 0.6 is 11.6 Å². The van der Waals surface area contributed by atoms with Crippen molar-refractivity contribution in [2.24, 2.45) is 11.8 Å². The summed E-state index contributed by atoms with van der Waals surface area (Å²) in [5, 5.41) is 0.707. The van der Waals surface area contributed by atoms with Crippen LogP contribution in [0.2, 0.25) is 5.02 Å². The fourth-order valence-electron chi connectivity index (χ4n) is 6.08. The highest BCUT2D eigenvalue weighted by atomic mass is 35.5. The summed E-state index contributed by atoms with van der Waals surface area (Å²) >= 11 is 6.32. The van der Waals surface area contributed by atoms with Crippen LogP contribution in [-0.2, 0) is 32.6 Å². The second-order valence-electron chi connectivity index (χ2n) is 12.2. The quantitative estimate of drug-likeness (QED) is 0.442. The van der Waals surface area contributed by atoms with Gasteiger partial charge in [-0.3, -0.25) is 9.69 Å². The van der Waals surface area contributed by atoms with Crippen LogP contribution < -0.4 is 14.4 Å². The molecule has 1 aliphatic carbocycles. The van der Waals surface area contributed by atoms with E-state index in [0.29, 0.717) is 35.8 Å². The van der Waals surface area contributed by atoms with Crippen molar-refractivity contribution in [3.63, 3.8) is 0 Å². The van der Waals surface area contributed by atoms with Crippen LogP contribution in [-0.4, -0.2) is 64.7 Å². The minimum Gasteiger partial charge on any atom is -0.487 e. The number of aryl methyl sites for hydroxylation is 1. The first kappa shape index (κ1) is 30.9. The van der Waals surface area contributed by atoms with Crippen LogP contribution in [0, 0.1) is 11.8 Å². The van der Waals surface area contributed by atoms with Gasteiger partial charge in [0, 0.05) is 31.8 Å². The van der Waals surface area contributed by atoms with Gasteiger partial charge >= 0.3 is 0 Å². The average molecular weight is 616 g/mol. The molecule has 1 saturated carbocycles. The van der Waals surface area contributed by atoms with E-state index in [2.05, 4.69) is 15.7 Å². The fourth-order valence-corrected chi connectivity index (χ4v) is 7.40. The number of methoxy groups -OCH3 is 1. The van der Waals surface area contributed by atoms with Crippen molar-refractivity contribution in [2.75, 3.05) is 38.7 Å². The number of carbonyl (C=O) groups is 1. The number of nitrogens with zero attached hydrogens (tertiary/aromatic N) is 2. The van der Waals surface area contributed by atoms with Crippen LogP contribution in [0.5, 0.6) is 5.75 Å². The zero-order valence-corrected chi connectivity index (χ0v) is 26.5. The number of amides is 1. The van der Waals surface area contributed by atoms with E-state index in [1.54, 1.807) is 33.1 Å². The molecule has 2 aromatic rings. The number of ether oxygens (including phenoxy) is 2. The first-order valence-corrected chi connectivity index (χ1v) is 16.6. The van der Waals surface area contributed by atoms with Crippen LogP contribution in [0.25, 0.3) is 0 Å². The van der Waals surface area contributed by atoms with E-state index in [4.69, 9.17) is 21.1 Å². The molecule has 0 aromatic heterocycles. The molecule has 2 aliphatic heterocycles. The highest BCUT2D eigenvalue weighted by Crippen LogP contribution is 2.42. The average Bonchev–Trinajstić information content (AvgIpc) is 2.96. The number of hydrogen-bond donors (Lipinski definition) is 1. The maximum absolute atomic E-state index is 13.6. The summed E-state index contributed by atoms with van der Waals surface area (Å²) in [5.74, 6) is 0.758. The molecule has 8 nitrogen and oxygen atoms in total. The Balaban J connectivity index is 1.57. The van der Waals surface area contributed by atoms with Crippen molar-refractivity contribution >= 4 is 33.2 Å². The Morgan fingerprint density at radius 3 is 2.64 bits per heavy atom. The molecular weight excluding hydrogens is 574 g/mol. The minimum atomic E-state index is -4.14. The van der Waals surface area contributed by atoms with Gasteiger partial charge in [-0.2, -0.15) is 0 Å². The molecule has 3 atom stereocenters. The largest absolute Gasteiger partial charge is 0.487 e. The third-order valence-electron chi connectivity index (χ3n) is 9.32. The summed E-state index contributed by atoms with van der Waals surface area (Å²) in [6.45, 7) is 5.78. The van der Waals surface area contributed by atoms with Gasteiger partial charge in [0.1, 0.15) is 12.4 Å². The molecule has 0 spiro atoms. The Hall–Kier alpha value is -2.59. The Labute approximate surface area is 255 Å². The lowest BCUT2D eigenvalue weighted by atomic mass is 9.70. The second kappa shape index (κ2) is 12.6. The van der Waals surface area contributed by atoms with Crippen LogP contribution in [0.15, 0.2) is 53.4 Å². The third-order valence-corrected chi connectivity index (χ3v) is 10.9. The molecule has 42 heavy (non-hydrogen) atoms. The van der Waals surface area contributed by atoms with Crippen LogP contribution in [0.4, 0.5) is 5.69 Å². The predicted molar refractivity (Wildman–Crippen MR) is 166 cm³/mol. The molecule has 3 aliphatic rings. The molecule has 1 amide bonds. The summed E-state index contributed by atoms with van der Waals surface area (Å²) in [6.07, 6.45) is 9.00. The number of halogens is 1. The highest BCUT2D eigenvalue weighted by Gasteiger charge is 2.39. The Morgan fingerprint density at radius 2 is 1.90 bits per heavy atom. The molecular formula is C32H42ClN3O5S. The monoisotopic (exact) mass is 615 g/mol. The van der Waals surface area contributed by atoms with Crippen molar-refractivity contribution in [1.82, 2.24) is 9.62 Å². The Bertz CT molecular complexity index is 1440. The van der Waals surface area contributed by atoms with Gasteiger partial charge in [-0.15, -0.1) is 0 Å². The van der Waals surface area contributed by atoms with Crippen LogP contribution in [0.1, 0.15) is 50.7 Å². The van der Waals surface area contributed by atoms with Gasteiger partial charge in [0.25, 0.3) is 15.9 Å². The normalized spacial score (nSPS) is 27.2. The number of nitrogens with one attached hydrogen (secondary N) is 1. The van der Waals surface area contributed by atoms with Gasteiger partial charge in [-0.1, -0.05) is 29.8 Å². The van der Waals surface area contributed by atoms with Gasteiger partial charge in [-0.05, 0) is 106 Å². The van der Waals surface area contributed by atoms with Crippen molar-refractivity contribution in [3.05, 3.63) is 64.7 Å². The van der Waals surface area contributed by atoms with E-state index in [9.17, 15) is 13.2 Å². The molecule has 1 fully saturated rings. The Kier molecular flexibility index (Phi) is 9.23. The molecule has 5 rings (SSSR count). The first-order valence-electron chi connectivity index (χ1n) is 14.8. The molecule has 2 bridgehead atoms. The molecule has 2 heterocycles. The topological polar surface area (TPSA) is 88.2 Å². The van der Waals surface area contributed by atoms with Crippen molar-refractivity contribution in [1.29, 1.82) is 0 Å². The van der Waals surface area contributed by atoms with Gasteiger partial charge in [0.05, 0.1) is 22.2 Å². The predicted octanol–water partition coefficient (Wildman–Crippen LogP) is 5.19. The van der Waals surface area contributed by atoms with Crippen LogP contribution in [0.3, 0.4) is 0 Å². The first-order chi connectivity index (χ1) is 20.0. The molecule has 0 radical (unpaired) electrons. The SMILES string of the molecule is CO[C@H]1/C=C/CN(C)C(C)(C)C(=O)NS(=O)(=O)c2ccc3c(c2)N(CCCCc2cc(Cl)ccc2CO3)C[C@@H]2CC[C@H]21. The number of benzene rings is 2. The van der Waals surface area contributed by atoms with Gasteiger partial charge in [0.2, 0.25) is 0 Å². The maximum Gasteiger partial charge on any atom is 0.264 e. The number of rotatable bonds is 1.